The zero-order chi connectivity index (χ0) is 16.4. The van der Waals surface area contributed by atoms with Gasteiger partial charge in [0.05, 0.1) is 17.7 Å². The topological polar surface area (TPSA) is 60.2 Å². The van der Waals surface area contributed by atoms with Crippen LogP contribution in [-0.2, 0) is 11.3 Å². The molecule has 1 saturated heterocycles. The van der Waals surface area contributed by atoms with Gasteiger partial charge >= 0.3 is 0 Å². The molecule has 0 amide bonds. The molecule has 0 spiro atoms. The van der Waals surface area contributed by atoms with Gasteiger partial charge in [0.15, 0.2) is 5.82 Å². The van der Waals surface area contributed by atoms with Crippen molar-refractivity contribution in [3.63, 3.8) is 0 Å². The molecular weight excluding hydrogens is 321 g/mol. The molecule has 1 aromatic heterocycles. The molecule has 2 atom stereocenters. The molecule has 1 aliphatic heterocycles. The molecule has 1 N–H and O–H groups in total. The predicted molar refractivity (Wildman–Crippen MR) is 83.7 cm³/mol. The molecular formula is C16H19ClFN3O2. The van der Waals surface area contributed by atoms with E-state index in [9.17, 15) is 4.39 Å². The molecule has 0 radical (unpaired) electrons. The highest BCUT2D eigenvalue weighted by Gasteiger charge is 2.30. The van der Waals surface area contributed by atoms with Crippen molar-refractivity contribution in [1.29, 1.82) is 0 Å². The normalized spacial score (nSPS) is 21.3. The van der Waals surface area contributed by atoms with Crippen molar-refractivity contribution in [3.8, 4) is 0 Å². The molecule has 3 rings (SSSR count). The Labute approximate surface area is 139 Å². The monoisotopic (exact) mass is 339 g/mol. The average Bonchev–Trinajstić information content (AvgIpc) is 3.16. The minimum Gasteiger partial charge on any atom is -0.372 e. The summed E-state index contributed by atoms with van der Waals surface area (Å²) in [4.78, 5) is 4.34. The largest absolute Gasteiger partial charge is 0.372 e. The predicted octanol–water partition coefficient (Wildman–Crippen LogP) is 3.61. The standard InChI is InChI=1S/C16H19ClFN3O2/c1-9(2)16-20-14(23-21-16)8-19-13-5-6-22-15(13)10-3-4-11(17)12(18)7-10/h3-4,7,9,13,15,19H,5-6,8H2,1-2H3. The lowest BCUT2D eigenvalue weighted by Crippen LogP contribution is -2.31. The maximum absolute atomic E-state index is 13.6. The summed E-state index contributed by atoms with van der Waals surface area (Å²) >= 11 is 5.73. The first-order chi connectivity index (χ1) is 11.0. The van der Waals surface area contributed by atoms with Gasteiger partial charge in [-0.2, -0.15) is 4.98 Å². The third kappa shape index (κ3) is 3.71. The van der Waals surface area contributed by atoms with Gasteiger partial charge in [-0.15, -0.1) is 0 Å². The first kappa shape index (κ1) is 16.4. The molecule has 0 saturated carbocycles. The fraction of sp³-hybridized carbons (Fsp3) is 0.500. The van der Waals surface area contributed by atoms with E-state index in [-0.39, 0.29) is 23.1 Å². The first-order valence-electron chi connectivity index (χ1n) is 7.67. The van der Waals surface area contributed by atoms with Crippen LogP contribution >= 0.6 is 11.6 Å². The van der Waals surface area contributed by atoms with Gasteiger partial charge in [-0.1, -0.05) is 36.7 Å². The molecule has 124 valence electrons. The molecule has 2 heterocycles. The molecule has 0 aliphatic carbocycles. The Balaban J connectivity index is 1.65. The van der Waals surface area contributed by atoms with Crippen LogP contribution in [0.25, 0.3) is 0 Å². The number of hydrogen-bond donors (Lipinski definition) is 1. The zero-order valence-electron chi connectivity index (χ0n) is 13.1. The highest BCUT2D eigenvalue weighted by atomic mass is 35.5. The third-order valence-electron chi connectivity index (χ3n) is 3.88. The molecule has 2 unspecified atom stereocenters. The Kier molecular flexibility index (Phi) is 4.94. The number of rotatable bonds is 5. The van der Waals surface area contributed by atoms with Crippen molar-refractivity contribution in [2.75, 3.05) is 6.61 Å². The molecule has 23 heavy (non-hydrogen) atoms. The molecule has 1 aliphatic rings. The smallest absolute Gasteiger partial charge is 0.240 e. The summed E-state index contributed by atoms with van der Waals surface area (Å²) in [5, 5.41) is 7.41. The molecule has 0 bridgehead atoms. The van der Waals surface area contributed by atoms with E-state index in [1.54, 1.807) is 12.1 Å². The average molecular weight is 340 g/mol. The van der Waals surface area contributed by atoms with Crippen LogP contribution in [-0.4, -0.2) is 22.8 Å². The molecule has 1 fully saturated rings. The van der Waals surface area contributed by atoms with Crippen LogP contribution in [0, 0.1) is 5.82 Å². The second-order valence-electron chi connectivity index (χ2n) is 5.94. The second-order valence-corrected chi connectivity index (χ2v) is 6.35. The maximum atomic E-state index is 13.6. The van der Waals surface area contributed by atoms with E-state index in [0.717, 1.165) is 12.0 Å². The summed E-state index contributed by atoms with van der Waals surface area (Å²) in [5.74, 6) is 1.03. The number of ether oxygens (including phenoxy) is 1. The van der Waals surface area contributed by atoms with Crippen molar-refractivity contribution >= 4 is 11.6 Å². The van der Waals surface area contributed by atoms with Gasteiger partial charge in [0.1, 0.15) is 5.82 Å². The number of halogens is 2. The van der Waals surface area contributed by atoms with Gasteiger partial charge in [-0.3, -0.25) is 0 Å². The molecule has 5 nitrogen and oxygen atoms in total. The van der Waals surface area contributed by atoms with E-state index >= 15 is 0 Å². The van der Waals surface area contributed by atoms with Crippen LogP contribution in [0.15, 0.2) is 22.7 Å². The Morgan fingerprint density at radius 2 is 2.26 bits per heavy atom. The van der Waals surface area contributed by atoms with E-state index in [1.165, 1.54) is 6.07 Å². The van der Waals surface area contributed by atoms with E-state index in [2.05, 4.69) is 15.5 Å². The summed E-state index contributed by atoms with van der Waals surface area (Å²) in [6.07, 6.45) is 0.620. The van der Waals surface area contributed by atoms with Crippen LogP contribution in [0.5, 0.6) is 0 Å². The number of nitrogens with one attached hydrogen (secondary N) is 1. The molecule has 2 aromatic rings. The zero-order valence-corrected chi connectivity index (χ0v) is 13.8. The van der Waals surface area contributed by atoms with E-state index < -0.39 is 5.82 Å². The highest BCUT2D eigenvalue weighted by Crippen LogP contribution is 2.31. The van der Waals surface area contributed by atoms with E-state index in [0.29, 0.717) is 24.9 Å². The van der Waals surface area contributed by atoms with Crippen LogP contribution in [0.4, 0.5) is 4.39 Å². The summed E-state index contributed by atoms with van der Waals surface area (Å²) in [6.45, 7) is 5.10. The van der Waals surface area contributed by atoms with Gasteiger partial charge < -0.3 is 14.6 Å². The Hall–Kier alpha value is -1.50. The number of hydrogen-bond acceptors (Lipinski definition) is 5. The Morgan fingerprint density at radius 3 is 2.96 bits per heavy atom. The van der Waals surface area contributed by atoms with Crippen LogP contribution < -0.4 is 5.32 Å². The number of aromatic nitrogens is 2. The fourth-order valence-corrected chi connectivity index (χ4v) is 2.73. The summed E-state index contributed by atoms with van der Waals surface area (Å²) in [5.41, 5.74) is 0.773. The first-order valence-corrected chi connectivity index (χ1v) is 8.05. The summed E-state index contributed by atoms with van der Waals surface area (Å²) in [7, 11) is 0. The quantitative estimate of drug-likeness (QED) is 0.901. The SMILES string of the molecule is CC(C)c1noc(CNC2CCOC2c2ccc(Cl)c(F)c2)n1. The number of nitrogens with zero attached hydrogens (tertiary/aromatic N) is 2. The Bertz CT molecular complexity index is 677. The van der Waals surface area contributed by atoms with Crippen molar-refractivity contribution < 1.29 is 13.7 Å². The lowest BCUT2D eigenvalue weighted by molar-refractivity contribution is 0.0976. The van der Waals surface area contributed by atoms with Crippen molar-refractivity contribution in [1.82, 2.24) is 15.5 Å². The lowest BCUT2D eigenvalue weighted by Gasteiger charge is -2.19. The minimum absolute atomic E-state index is 0.0602. The van der Waals surface area contributed by atoms with Crippen LogP contribution in [0.3, 0.4) is 0 Å². The second kappa shape index (κ2) is 6.95. The van der Waals surface area contributed by atoms with E-state index in [1.807, 2.05) is 13.8 Å². The third-order valence-corrected chi connectivity index (χ3v) is 4.19. The minimum atomic E-state index is -0.433. The maximum Gasteiger partial charge on any atom is 0.240 e. The number of benzene rings is 1. The summed E-state index contributed by atoms with van der Waals surface area (Å²) in [6, 6.07) is 4.83. The van der Waals surface area contributed by atoms with Gasteiger partial charge in [-0.05, 0) is 24.1 Å². The Morgan fingerprint density at radius 1 is 1.43 bits per heavy atom. The fourth-order valence-electron chi connectivity index (χ4n) is 2.61. The van der Waals surface area contributed by atoms with Crippen LogP contribution in [0.2, 0.25) is 5.02 Å². The van der Waals surface area contributed by atoms with Crippen molar-refractivity contribution in [3.05, 3.63) is 46.3 Å². The van der Waals surface area contributed by atoms with E-state index in [4.69, 9.17) is 20.9 Å². The van der Waals surface area contributed by atoms with Gasteiger partial charge in [-0.25, -0.2) is 4.39 Å². The van der Waals surface area contributed by atoms with Gasteiger partial charge in [0, 0.05) is 18.6 Å². The molecule has 7 heteroatoms. The van der Waals surface area contributed by atoms with Gasteiger partial charge in [0.25, 0.3) is 0 Å². The van der Waals surface area contributed by atoms with Crippen LogP contribution in [0.1, 0.15) is 49.6 Å². The van der Waals surface area contributed by atoms with Crippen molar-refractivity contribution in [2.45, 2.75) is 44.9 Å². The molecule has 1 aromatic carbocycles. The van der Waals surface area contributed by atoms with Crippen molar-refractivity contribution in [2.24, 2.45) is 0 Å². The highest BCUT2D eigenvalue weighted by molar-refractivity contribution is 6.30. The van der Waals surface area contributed by atoms with Gasteiger partial charge in [0.2, 0.25) is 5.89 Å². The lowest BCUT2D eigenvalue weighted by atomic mass is 10.0. The summed E-state index contributed by atoms with van der Waals surface area (Å²) < 4.78 is 24.6.